The number of nitrogens with zero attached hydrogens (tertiary/aromatic N) is 5. The molecule has 2 aliphatic carbocycles. The van der Waals surface area contributed by atoms with Gasteiger partial charge in [0.25, 0.3) is 40.1 Å². The lowest BCUT2D eigenvalue weighted by Gasteiger charge is -2.30. The van der Waals surface area contributed by atoms with Gasteiger partial charge >= 0.3 is 0 Å². The van der Waals surface area contributed by atoms with Crippen molar-refractivity contribution in [3.05, 3.63) is 317 Å². The fraction of sp³-hybridized carbons (Fsp3) is 0.302. The van der Waals surface area contributed by atoms with E-state index in [-0.39, 0.29) is 16.3 Å². The zero-order valence-electron chi connectivity index (χ0n) is 75.7. The molecule has 21 nitrogen and oxygen atoms in total. The Kier molecular flexibility index (Phi) is 27.7. The second-order valence-corrected chi connectivity index (χ2v) is 42.4. The molecule has 3 saturated heterocycles. The summed E-state index contributed by atoms with van der Waals surface area (Å²) >= 11 is 0. The zero-order valence-corrected chi connectivity index (χ0v) is 79.0. The lowest BCUT2D eigenvalue weighted by atomic mass is 9.84. The second kappa shape index (κ2) is 39.6. The molecule has 4 N–H and O–H groups in total. The molecule has 21 rings (SSSR count). The summed E-state index contributed by atoms with van der Waals surface area (Å²) in [5.41, 5.74) is 18.0. The van der Waals surface area contributed by atoms with Gasteiger partial charge in [-0.3, -0.25) is 9.44 Å². The van der Waals surface area contributed by atoms with Gasteiger partial charge in [0.15, 0.2) is 11.3 Å². The van der Waals surface area contributed by atoms with Crippen LogP contribution in [0.25, 0.3) is 66.0 Å². The number of aromatic nitrogens is 2. The largest absolute Gasteiger partial charge is 0.497 e. The predicted octanol–water partition coefficient (Wildman–Crippen LogP) is 19.5. The lowest BCUT2D eigenvalue weighted by Crippen LogP contribution is -2.44. The van der Waals surface area contributed by atoms with Crippen molar-refractivity contribution in [2.45, 2.75) is 128 Å². The summed E-state index contributed by atoms with van der Waals surface area (Å²) in [6, 6.07) is 76.6. The number of hydrogen-bond donors (Lipinski definition) is 4. The standard InChI is InChI=1S/C24H24N2O3S.C22H25FN2O4S.C20H20N2O3S.C20H22N2O2S.C20H23N/c27-30(28,24-7-3-5-17-4-1-2-6-21(17)24)26-19-8-9-23-22(16-19)20(12-15-29-23)18-10-13-25-14-11-18;1-3-15-5-4-14(2)10-21(15)30(26,27)25-17-11-16-7-9-28-22(16)20(12-17)29-19-6-8-24-13-18(19)23;1-21-10-9-13(12-21)19-16-11-14(25-2)7-8-17(16)22-20(19)15-5-3-4-6-18(15)26(22,23)24;1-21(2)16-10-8-15-9-11-20-18(19(15)14-16)12-13-22(20)25(23,24)17-6-4-3-5-7-17;1-21(2)13-12-17-15-18(14-16-8-4-3-5-9-16)20-11-7-6-10-19(17)20/h1-9,12,16,18,25-26H,10-11,13-15H2;4-5,7,9-12,18-19,24-25H,3,6,8,13H2,1-2H3;3-8,11,13H,9-10,12H2,1-2H3;3-7,9,11-13,16H,8,10,14H2,1-2H3;3-11,15,18H,12-14H2,1-2H3/t;18-,19-;;;/m.0.../s1. The number of fused-ring (bicyclic) bond motifs is 12. The van der Waals surface area contributed by atoms with Crippen molar-refractivity contribution >= 4 is 106 Å². The third-order valence-corrected chi connectivity index (χ3v) is 32.7. The number of likely N-dealkylation sites (tertiary alicyclic amines) is 1. The normalized spacial score (nSPS) is 18.6. The highest BCUT2D eigenvalue weighted by Gasteiger charge is 2.41. The van der Waals surface area contributed by atoms with Crippen LogP contribution in [-0.2, 0) is 65.8 Å². The van der Waals surface area contributed by atoms with Crippen molar-refractivity contribution in [1.82, 2.24) is 33.3 Å². The molecule has 686 valence electrons. The molecule has 5 atom stereocenters. The molecule has 0 spiro atoms. The molecule has 3 fully saturated rings. The number of anilines is 2. The van der Waals surface area contributed by atoms with Crippen LogP contribution in [0.5, 0.6) is 17.2 Å². The topological polar surface area (TPSA) is 245 Å². The Morgan fingerprint density at radius 2 is 1.36 bits per heavy atom. The minimum absolute atomic E-state index is 0.228. The van der Waals surface area contributed by atoms with Crippen molar-refractivity contribution in [2.24, 2.45) is 5.92 Å². The first kappa shape index (κ1) is 92.2. The molecule has 5 aliphatic heterocycles. The number of ether oxygens (including phenoxy) is 3. The van der Waals surface area contributed by atoms with E-state index in [0.717, 1.165) is 156 Å². The zero-order chi connectivity index (χ0) is 92.2. The molecule has 132 heavy (non-hydrogen) atoms. The fourth-order valence-electron chi connectivity index (χ4n) is 19.5. The Morgan fingerprint density at radius 1 is 0.636 bits per heavy atom. The van der Waals surface area contributed by atoms with Crippen molar-refractivity contribution < 1.29 is 56.7 Å². The molecule has 3 unspecified atom stereocenters. The minimum atomic E-state index is -3.81. The molecule has 8 heterocycles. The Labute approximate surface area is 774 Å². The van der Waals surface area contributed by atoms with Crippen LogP contribution in [-0.4, -0.2) is 169 Å². The quantitative estimate of drug-likeness (QED) is 0.0554. The first-order chi connectivity index (χ1) is 63.7. The Morgan fingerprint density at radius 3 is 2.11 bits per heavy atom. The highest BCUT2D eigenvalue weighted by molar-refractivity contribution is 7.93. The summed E-state index contributed by atoms with van der Waals surface area (Å²) in [5.74, 6) is 3.20. The van der Waals surface area contributed by atoms with Crippen LogP contribution in [0.1, 0.15) is 107 Å². The Balaban J connectivity index is 0.000000116. The summed E-state index contributed by atoms with van der Waals surface area (Å²) in [6.07, 6.45) is 15.7. The first-order valence-electron chi connectivity index (χ1n) is 45.4. The molecular weight excluding hydrogens is 1740 g/mol. The number of hydrogen-bond acceptors (Lipinski definition) is 17. The number of nitrogens with one attached hydrogen (secondary N) is 4. The number of furan rings is 1. The van der Waals surface area contributed by atoms with E-state index in [1.807, 2.05) is 117 Å². The highest BCUT2D eigenvalue weighted by atomic mass is 32.2. The summed E-state index contributed by atoms with van der Waals surface area (Å²) < 4.78 is 150. The summed E-state index contributed by atoms with van der Waals surface area (Å²) in [6.45, 7) is 10.3. The molecule has 0 radical (unpaired) electrons. The maximum atomic E-state index is 14.2. The monoisotopic (exact) mass is 1850 g/mol. The molecule has 11 aromatic carbocycles. The van der Waals surface area contributed by atoms with Gasteiger partial charge in [-0.05, 0) is 297 Å². The molecule has 26 heteroatoms. The molecular formula is C106H114FN9O12S4. The van der Waals surface area contributed by atoms with Gasteiger partial charge in [-0.2, -0.15) is 0 Å². The number of halogens is 1. The van der Waals surface area contributed by atoms with Crippen LogP contribution in [0.15, 0.2) is 291 Å². The van der Waals surface area contributed by atoms with Gasteiger partial charge in [0.2, 0.25) is 0 Å². The average molecular weight is 1850 g/mol. The van der Waals surface area contributed by atoms with Gasteiger partial charge in [0.1, 0.15) is 30.4 Å². The number of methoxy groups -OCH3 is 1. The number of piperidine rings is 2. The van der Waals surface area contributed by atoms with Gasteiger partial charge in [-0.1, -0.05) is 159 Å². The van der Waals surface area contributed by atoms with Crippen molar-refractivity contribution in [3.8, 4) is 28.5 Å². The third-order valence-electron chi connectivity index (χ3n) is 26.3. The van der Waals surface area contributed by atoms with Gasteiger partial charge in [0.05, 0.1) is 55.4 Å². The van der Waals surface area contributed by atoms with Crippen LogP contribution < -0.4 is 34.3 Å². The van der Waals surface area contributed by atoms with Crippen molar-refractivity contribution in [2.75, 3.05) is 104 Å². The first-order valence-corrected chi connectivity index (χ1v) is 51.2. The second-order valence-electron chi connectivity index (χ2n) is 35.6. The van der Waals surface area contributed by atoms with Crippen LogP contribution >= 0.6 is 0 Å². The Bertz CT molecular complexity index is 7130. The predicted molar refractivity (Wildman–Crippen MR) is 527 cm³/mol. The summed E-state index contributed by atoms with van der Waals surface area (Å²) in [7, 11) is -2.42. The van der Waals surface area contributed by atoms with Crippen LogP contribution in [0.4, 0.5) is 15.8 Å². The van der Waals surface area contributed by atoms with Crippen LogP contribution in [0.2, 0.25) is 0 Å². The van der Waals surface area contributed by atoms with Gasteiger partial charge in [-0.25, -0.2) is 46.0 Å². The number of sulfonamides is 2. The highest BCUT2D eigenvalue weighted by Crippen LogP contribution is 2.51. The molecule has 0 amide bonds. The van der Waals surface area contributed by atoms with Gasteiger partial charge in [0, 0.05) is 88.1 Å². The SMILES string of the molecule is CCc1ccc(C)cc1S(=O)(=O)Nc1cc(O[C@H]2CCNC[C@@H]2F)c2occc2c1.CN(C)C1CCc2ccc3c(ccn3S(=O)(=O)c3ccccc3)c2C1.CN(C)CCC1=CC(Cc2ccccc2)c2ccccc21.COc1ccc2c(c1)c(C1CCN(C)C1)c1n2S(=O)(=O)c2ccccc2-1.O=S(=O)(Nc1ccc2c(c1)C(C1CCNCC1)=CCO2)c1cccc2ccccc12. The van der Waals surface area contributed by atoms with E-state index in [2.05, 4.69) is 143 Å². The fourth-order valence-corrected chi connectivity index (χ4v) is 25.4. The minimum Gasteiger partial charge on any atom is -0.497 e. The Hall–Kier alpha value is -11.7. The molecule has 14 aromatic rings. The van der Waals surface area contributed by atoms with Crippen molar-refractivity contribution in [1.29, 1.82) is 0 Å². The number of benzene rings is 11. The molecule has 0 saturated carbocycles. The third kappa shape index (κ3) is 19.6. The van der Waals surface area contributed by atoms with E-state index in [0.29, 0.717) is 93.1 Å². The molecule has 0 bridgehead atoms. The average Bonchev–Trinajstić information content (AvgIpc) is 1.53. The van der Waals surface area contributed by atoms with E-state index in [1.165, 1.54) is 49.2 Å². The maximum absolute atomic E-state index is 14.2. The summed E-state index contributed by atoms with van der Waals surface area (Å²) in [5, 5.41) is 10.7. The summed E-state index contributed by atoms with van der Waals surface area (Å²) in [4.78, 5) is 8.08. The van der Waals surface area contributed by atoms with Gasteiger partial charge < -0.3 is 44.0 Å². The number of aryl methyl sites for hydroxylation is 3. The number of alkyl halides is 1. The van der Waals surface area contributed by atoms with Gasteiger partial charge in [-0.15, -0.1) is 0 Å². The van der Waals surface area contributed by atoms with E-state index < -0.39 is 52.4 Å². The lowest BCUT2D eigenvalue weighted by molar-refractivity contribution is 0.0736. The van der Waals surface area contributed by atoms with E-state index in [1.54, 1.807) is 96.1 Å². The molecule has 3 aromatic heterocycles. The van der Waals surface area contributed by atoms with Crippen LogP contribution in [0, 0.1) is 12.8 Å². The van der Waals surface area contributed by atoms with E-state index in [4.69, 9.17) is 18.6 Å². The number of allylic oxidation sites excluding steroid dienone is 2. The number of likely N-dealkylation sites (N-methyl/N-ethyl adjacent to an activating group) is 2. The van der Waals surface area contributed by atoms with E-state index in [9.17, 15) is 38.1 Å². The smallest absolute Gasteiger partial charge is 0.269 e. The van der Waals surface area contributed by atoms with Crippen LogP contribution in [0.3, 0.4) is 0 Å². The van der Waals surface area contributed by atoms with Crippen molar-refractivity contribution in [3.63, 3.8) is 0 Å². The molecule has 7 aliphatic rings. The maximum Gasteiger partial charge on any atom is 0.269 e. The van der Waals surface area contributed by atoms with E-state index >= 15 is 0 Å². The number of rotatable bonds is 20.